The molecule has 0 aliphatic carbocycles. The van der Waals surface area contributed by atoms with E-state index in [9.17, 15) is 13.2 Å². The van der Waals surface area contributed by atoms with Gasteiger partial charge in [-0.3, -0.25) is 4.79 Å². The summed E-state index contributed by atoms with van der Waals surface area (Å²) in [4.78, 5) is 16.1. The Labute approximate surface area is 191 Å². The number of sulfonamides is 1. The third-order valence-electron chi connectivity index (χ3n) is 5.93. The van der Waals surface area contributed by atoms with Crippen LogP contribution in [0, 0.1) is 0 Å². The van der Waals surface area contributed by atoms with Crippen LogP contribution < -0.4 is 24.5 Å². The van der Waals surface area contributed by atoms with Gasteiger partial charge in [0.15, 0.2) is 23.0 Å². The first-order valence-electron chi connectivity index (χ1n) is 10.2. The molecule has 4 rings (SSSR count). The SMILES string of the molecule is COc1cc2c(cc1OC)[C@@H](c1cc3cc(OC)c(OC)cc3[nH]c1=O)N(S(C)(=O)=O)CC2. The van der Waals surface area contributed by atoms with Crippen LogP contribution in [0.5, 0.6) is 23.0 Å². The summed E-state index contributed by atoms with van der Waals surface area (Å²) in [6.07, 6.45) is 1.63. The van der Waals surface area contributed by atoms with Crippen LogP contribution in [0.3, 0.4) is 0 Å². The average Bonchev–Trinajstić information content (AvgIpc) is 2.80. The summed E-state index contributed by atoms with van der Waals surface area (Å²) in [5.74, 6) is 1.98. The average molecular weight is 475 g/mol. The predicted octanol–water partition coefficient (Wildman–Crippen LogP) is 2.47. The van der Waals surface area contributed by atoms with Gasteiger partial charge in [-0.15, -0.1) is 0 Å². The third-order valence-corrected chi connectivity index (χ3v) is 7.17. The van der Waals surface area contributed by atoms with Crippen LogP contribution >= 0.6 is 0 Å². The van der Waals surface area contributed by atoms with E-state index in [2.05, 4.69) is 4.98 Å². The van der Waals surface area contributed by atoms with Gasteiger partial charge in [-0.25, -0.2) is 8.42 Å². The monoisotopic (exact) mass is 474 g/mol. The Bertz CT molecular complexity index is 1380. The van der Waals surface area contributed by atoms with Crippen LogP contribution in [0.1, 0.15) is 22.7 Å². The maximum atomic E-state index is 13.2. The lowest BCUT2D eigenvalue weighted by Gasteiger charge is -2.36. The highest BCUT2D eigenvalue weighted by Crippen LogP contribution is 2.42. The number of rotatable bonds is 6. The second-order valence-corrected chi connectivity index (χ2v) is 9.72. The highest BCUT2D eigenvalue weighted by Gasteiger charge is 2.37. The van der Waals surface area contributed by atoms with Gasteiger partial charge in [-0.2, -0.15) is 4.31 Å². The zero-order valence-corrected chi connectivity index (χ0v) is 19.9. The summed E-state index contributed by atoms with van der Waals surface area (Å²) in [5.41, 5.74) is 2.03. The number of hydrogen-bond acceptors (Lipinski definition) is 7. The minimum Gasteiger partial charge on any atom is -0.493 e. The number of nitrogens with one attached hydrogen (secondary N) is 1. The number of aromatic amines is 1. The molecule has 0 saturated heterocycles. The standard InChI is InChI=1S/C23H26N2O7S/c1-29-18-9-13-6-7-25(33(5,27)28)22(15(13)11-20(18)31-3)16-8-14-10-19(30-2)21(32-4)12-17(14)24-23(16)26/h8-12,22H,6-7H2,1-5H3,(H,24,26)/t22-/m0/s1. The summed E-state index contributed by atoms with van der Waals surface area (Å²) >= 11 is 0. The van der Waals surface area contributed by atoms with Gasteiger partial charge in [0, 0.05) is 23.6 Å². The highest BCUT2D eigenvalue weighted by molar-refractivity contribution is 7.88. The Balaban J connectivity index is 2.00. The molecule has 0 amide bonds. The second kappa shape index (κ2) is 8.60. The molecule has 9 nitrogen and oxygen atoms in total. The molecule has 176 valence electrons. The number of methoxy groups -OCH3 is 4. The molecule has 1 aliphatic rings. The van der Waals surface area contributed by atoms with Crippen LogP contribution in [0.2, 0.25) is 0 Å². The molecule has 0 bridgehead atoms. The number of fused-ring (bicyclic) bond motifs is 2. The molecule has 0 fully saturated rings. The van der Waals surface area contributed by atoms with Crippen molar-refractivity contribution in [2.24, 2.45) is 0 Å². The number of hydrogen-bond donors (Lipinski definition) is 1. The van der Waals surface area contributed by atoms with Crippen molar-refractivity contribution in [3.05, 3.63) is 57.4 Å². The van der Waals surface area contributed by atoms with Gasteiger partial charge in [-0.1, -0.05) is 0 Å². The van der Waals surface area contributed by atoms with Crippen molar-refractivity contribution in [2.45, 2.75) is 12.5 Å². The Morgan fingerprint density at radius 1 is 0.848 bits per heavy atom. The fourth-order valence-electron chi connectivity index (χ4n) is 4.36. The van der Waals surface area contributed by atoms with Gasteiger partial charge >= 0.3 is 0 Å². The van der Waals surface area contributed by atoms with Crippen molar-refractivity contribution in [1.82, 2.24) is 9.29 Å². The summed E-state index contributed by atoms with van der Waals surface area (Å²) in [7, 11) is 2.47. The van der Waals surface area contributed by atoms with Gasteiger partial charge in [0.25, 0.3) is 5.56 Å². The Kier molecular flexibility index (Phi) is 5.98. The molecule has 0 unspecified atom stereocenters. The number of nitrogens with zero attached hydrogens (tertiary/aromatic N) is 1. The van der Waals surface area contributed by atoms with Crippen LogP contribution in [0.25, 0.3) is 10.9 Å². The van der Waals surface area contributed by atoms with Gasteiger partial charge < -0.3 is 23.9 Å². The number of H-pyrrole nitrogens is 1. The summed E-state index contributed by atoms with van der Waals surface area (Å²) < 4.78 is 48.4. The lowest BCUT2D eigenvalue weighted by atomic mass is 9.89. The van der Waals surface area contributed by atoms with E-state index in [1.165, 1.54) is 25.6 Å². The van der Waals surface area contributed by atoms with E-state index in [1.54, 1.807) is 31.4 Å². The van der Waals surface area contributed by atoms with Gasteiger partial charge in [-0.05, 0) is 41.8 Å². The summed E-state index contributed by atoms with van der Waals surface area (Å²) in [6, 6.07) is 7.88. The largest absolute Gasteiger partial charge is 0.493 e. The maximum absolute atomic E-state index is 13.2. The van der Waals surface area contributed by atoms with E-state index in [4.69, 9.17) is 18.9 Å². The van der Waals surface area contributed by atoms with Gasteiger partial charge in [0.2, 0.25) is 10.0 Å². The quantitative estimate of drug-likeness (QED) is 0.585. The molecule has 1 atom stereocenters. The summed E-state index contributed by atoms with van der Waals surface area (Å²) in [6.45, 7) is 0.232. The molecule has 0 saturated carbocycles. The van der Waals surface area contributed by atoms with Gasteiger partial charge in [0.05, 0.1) is 46.3 Å². The molecular weight excluding hydrogens is 448 g/mol. The summed E-state index contributed by atoms with van der Waals surface area (Å²) in [5, 5.41) is 0.684. The number of benzene rings is 2. The van der Waals surface area contributed by atoms with Crippen molar-refractivity contribution >= 4 is 20.9 Å². The van der Waals surface area contributed by atoms with E-state index in [1.807, 2.05) is 6.07 Å². The van der Waals surface area contributed by atoms with E-state index in [-0.39, 0.29) is 6.54 Å². The lowest BCUT2D eigenvalue weighted by Crippen LogP contribution is -2.42. The van der Waals surface area contributed by atoms with Crippen LogP contribution in [0.15, 0.2) is 35.1 Å². The van der Waals surface area contributed by atoms with Crippen molar-refractivity contribution in [2.75, 3.05) is 41.2 Å². The fraction of sp³-hybridized carbons (Fsp3) is 0.348. The van der Waals surface area contributed by atoms with Crippen molar-refractivity contribution in [1.29, 1.82) is 0 Å². The molecule has 1 N–H and O–H groups in total. The Hall–Kier alpha value is -3.24. The molecule has 1 aliphatic heterocycles. The van der Waals surface area contributed by atoms with Crippen LogP contribution in [-0.2, 0) is 16.4 Å². The van der Waals surface area contributed by atoms with Crippen molar-refractivity contribution < 1.29 is 27.4 Å². The first-order valence-corrected chi connectivity index (χ1v) is 12.1. The third kappa shape index (κ3) is 4.00. The van der Waals surface area contributed by atoms with Crippen LogP contribution in [0.4, 0.5) is 0 Å². The smallest absolute Gasteiger partial charge is 0.253 e. The van der Waals surface area contributed by atoms with E-state index in [0.717, 1.165) is 11.8 Å². The molecule has 1 aromatic heterocycles. The van der Waals surface area contributed by atoms with Crippen molar-refractivity contribution in [3.63, 3.8) is 0 Å². The minimum atomic E-state index is -3.63. The van der Waals surface area contributed by atoms with Crippen LogP contribution in [-0.4, -0.2) is 58.9 Å². The molecular formula is C23H26N2O7S. The van der Waals surface area contributed by atoms with Gasteiger partial charge in [0.1, 0.15) is 0 Å². The lowest BCUT2D eigenvalue weighted by molar-refractivity contribution is 0.332. The predicted molar refractivity (Wildman–Crippen MR) is 124 cm³/mol. The number of aromatic nitrogens is 1. The first kappa shape index (κ1) is 22.9. The second-order valence-electron chi connectivity index (χ2n) is 7.78. The molecule has 33 heavy (non-hydrogen) atoms. The van der Waals surface area contributed by atoms with E-state index in [0.29, 0.717) is 51.4 Å². The molecule has 10 heteroatoms. The Morgan fingerprint density at radius 3 is 2.03 bits per heavy atom. The molecule has 2 aromatic carbocycles. The first-order chi connectivity index (χ1) is 15.7. The highest BCUT2D eigenvalue weighted by atomic mass is 32.2. The minimum absolute atomic E-state index is 0.232. The number of ether oxygens (including phenoxy) is 4. The Morgan fingerprint density at radius 2 is 1.42 bits per heavy atom. The molecule has 0 spiro atoms. The topological polar surface area (TPSA) is 107 Å². The van der Waals surface area contributed by atoms with E-state index >= 15 is 0 Å². The molecule has 3 aromatic rings. The molecule has 2 heterocycles. The fourth-order valence-corrected chi connectivity index (χ4v) is 5.39. The molecule has 0 radical (unpaired) electrons. The van der Waals surface area contributed by atoms with Crippen molar-refractivity contribution in [3.8, 4) is 23.0 Å². The van der Waals surface area contributed by atoms with E-state index < -0.39 is 21.6 Å². The number of pyridine rings is 1. The zero-order chi connectivity index (χ0) is 23.9. The zero-order valence-electron chi connectivity index (χ0n) is 19.1. The maximum Gasteiger partial charge on any atom is 0.253 e. The normalized spacial score (nSPS) is 16.3.